The number of allylic oxidation sites excluding steroid dienone is 2. The molecule has 0 aromatic rings. The van der Waals surface area contributed by atoms with Crippen LogP contribution in [0.3, 0.4) is 0 Å². The summed E-state index contributed by atoms with van der Waals surface area (Å²) in [5.74, 6) is 0.524. The van der Waals surface area contributed by atoms with E-state index in [-0.39, 0.29) is 11.0 Å². The molecule has 0 saturated carbocycles. The Morgan fingerprint density at radius 1 is 1.41 bits per heavy atom. The summed E-state index contributed by atoms with van der Waals surface area (Å²) < 4.78 is 6.42. The Kier molecular flexibility index (Phi) is 4.94. The van der Waals surface area contributed by atoms with Crippen LogP contribution >= 0.6 is 0 Å². The van der Waals surface area contributed by atoms with Gasteiger partial charge in [-0.05, 0) is 77.6 Å². The second kappa shape index (κ2) is 6.13. The Labute approximate surface area is 136 Å². The lowest BCUT2D eigenvalue weighted by Gasteiger charge is -2.43. The summed E-state index contributed by atoms with van der Waals surface area (Å²) in [6, 6.07) is 0. The highest BCUT2D eigenvalue weighted by molar-refractivity contribution is 5.11. The molecule has 0 aromatic carbocycles. The van der Waals surface area contributed by atoms with E-state index in [9.17, 15) is 5.11 Å². The van der Waals surface area contributed by atoms with E-state index in [0.717, 1.165) is 25.7 Å². The van der Waals surface area contributed by atoms with E-state index in [0.29, 0.717) is 12.0 Å². The molecular weight excluding hydrogens is 272 g/mol. The molecule has 2 saturated heterocycles. The summed E-state index contributed by atoms with van der Waals surface area (Å²) >= 11 is 0. The monoisotopic (exact) mass is 306 g/mol. The van der Waals surface area contributed by atoms with Gasteiger partial charge < -0.3 is 9.84 Å². The van der Waals surface area contributed by atoms with E-state index in [1.54, 1.807) is 6.08 Å². The third-order valence-electron chi connectivity index (χ3n) is 6.20. The number of fused-ring (bicyclic) bond motifs is 2. The molecule has 2 bridgehead atoms. The highest BCUT2D eigenvalue weighted by Crippen LogP contribution is 2.61. The van der Waals surface area contributed by atoms with Gasteiger partial charge in [-0.3, -0.25) is 0 Å². The Bertz CT molecular complexity index is 447. The minimum Gasteiger partial charge on any atom is -0.386 e. The quantitative estimate of drug-likeness (QED) is 0.669. The Morgan fingerprint density at radius 3 is 2.68 bits per heavy atom. The highest BCUT2D eigenvalue weighted by atomic mass is 16.5. The van der Waals surface area contributed by atoms with Crippen LogP contribution in [0.1, 0.15) is 73.1 Å². The van der Waals surface area contributed by atoms with Crippen LogP contribution < -0.4 is 0 Å². The summed E-state index contributed by atoms with van der Waals surface area (Å²) in [5, 5.41) is 10.3. The van der Waals surface area contributed by atoms with Crippen molar-refractivity contribution in [2.24, 2.45) is 11.3 Å². The Balaban J connectivity index is 2.12. The third-order valence-corrected chi connectivity index (χ3v) is 6.20. The maximum absolute atomic E-state index is 10.3. The topological polar surface area (TPSA) is 29.5 Å². The smallest absolute Gasteiger partial charge is 0.0797 e. The molecule has 0 amide bonds. The van der Waals surface area contributed by atoms with Crippen molar-refractivity contribution in [3.63, 3.8) is 0 Å². The molecule has 2 heterocycles. The molecule has 22 heavy (non-hydrogen) atoms. The molecule has 2 heteroatoms. The van der Waals surface area contributed by atoms with Crippen LogP contribution in [0, 0.1) is 11.3 Å². The summed E-state index contributed by atoms with van der Waals surface area (Å²) in [7, 11) is 0. The first-order chi connectivity index (χ1) is 10.1. The fourth-order valence-electron chi connectivity index (χ4n) is 4.68. The van der Waals surface area contributed by atoms with Crippen molar-refractivity contribution >= 4 is 0 Å². The molecule has 2 aliphatic heterocycles. The van der Waals surface area contributed by atoms with Crippen molar-refractivity contribution in [1.82, 2.24) is 0 Å². The Hall–Kier alpha value is -0.600. The van der Waals surface area contributed by atoms with Gasteiger partial charge in [0.15, 0.2) is 0 Å². The zero-order valence-corrected chi connectivity index (χ0v) is 15.1. The van der Waals surface area contributed by atoms with E-state index in [1.807, 2.05) is 6.92 Å². The molecule has 2 rings (SSSR count). The average Bonchev–Trinajstić information content (AvgIpc) is 2.89. The lowest BCUT2D eigenvalue weighted by Crippen LogP contribution is -2.43. The second-order valence-corrected chi connectivity index (χ2v) is 8.44. The van der Waals surface area contributed by atoms with Crippen LogP contribution in [0.5, 0.6) is 0 Å². The first-order valence-corrected chi connectivity index (χ1v) is 8.80. The fraction of sp³-hybridized carbons (Fsp3) is 0.800. The zero-order chi connectivity index (χ0) is 16.6. The van der Waals surface area contributed by atoms with Gasteiger partial charge in [0.05, 0.1) is 17.3 Å². The normalized spacial score (nSPS) is 39.5. The summed E-state index contributed by atoms with van der Waals surface area (Å²) in [5.41, 5.74) is 0.863. The molecule has 0 aromatic heterocycles. The predicted octanol–water partition coefficient (Wildman–Crippen LogP) is 5.02. The molecule has 2 fully saturated rings. The highest BCUT2D eigenvalue weighted by Gasteiger charge is 2.61. The number of rotatable bonds is 7. The van der Waals surface area contributed by atoms with Gasteiger partial charge in [0.2, 0.25) is 0 Å². The third kappa shape index (κ3) is 3.33. The molecule has 2 aliphatic rings. The van der Waals surface area contributed by atoms with Gasteiger partial charge in [0, 0.05) is 0 Å². The van der Waals surface area contributed by atoms with Crippen molar-refractivity contribution in [2.45, 2.75) is 90.4 Å². The van der Waals surface area contributed by atoms with E-state index >= 15 is 0 Å². The zero-order valence-electron chi connectivity index (χ0n) is 15.1. The van der Waals surface area contributed by atoms with Crippen LogP contribution in [-0.4, -0.2) is 22.4 Å². The molecule has 5 atom stereocenters. The van der Waals surface area contributed by atoms with E-state index in [4.69, 9.17) is 4.74 Å². The van der Waals surface area contributed by atoms with Crippen LogP contribution in [0.15, 0.2) is 24.3 Å². The molecule has 0 spiro atoms. The van der Waals surface area contributed by atoms with E-state index in [2.05, 4.69) is 40.3 Å². The van der Waals surface area contributed by atoms with Crippen molar-refractivity contribution in [2.75, 3.05) is 0 Å². The van der Waals surface area contributed by atoms with E-state index in [1.165, 1.54) is 18.4 Å². The lowest BCUT2D eigenvalue weighted by molar-refractivity contribution is -0.000268. The number of ether oxygens (including phenoxy) is 1. The molecular formula is C20H34O2. The van der Waals surface area contributed by atoms with Crippen molar-refractivity contribution < 1.29 is 9.84 Å². The number of hydrogen-bond acceptors (Lipinski definition) is 2. The largest absolute Gasteiger partial charge is 0.386 e. The molecule has 0 radical (unpaired) electrons. The van der Waals surface area contributed by atoms with Crippen molar-refractivity contribution in [3.8, 4) is 0 Å². The number of hydrogen-bond donors (Lipinski definition) is 1. The van der Waals surface area contributed by atoms with E-state index < -0.39 is 5.60 Å². The fourth-order valence-corrected chi connectivity index (χ4v) is 4.68. The molecule has 126 valence electrons. The molecule has 2 nitrogen and oxygen atoms in total. The van der Waals surface area contributed by atoms with Crippen LogP contribution in [-0.2, 0) is 4.74 Å². The number of aliphatic hydroxyl groups is 1. The van der Waals surface area contributed by atoms with Gasteiger partial charge in [-0.15, -0.1) is 6.58 Å². The van der Waals surface area contributed by atoms with Gasteiger partial charge >= 0.3 is 0 Å². The Morgan fingerprint density at radius 2 is 2.09 bits per heavy atom. The minimum atomic E-state index is -0.765. The average molecular weight is 306 g/mol. The van der Waals surface area contributed by atoms with Crippen molar-refractivity contribution in [1.29, 1.82) is 0 Å². The molecule has 0 aliphatic carbocycles. The van der Waals surface area contributed by atoms with Crippen molar-refractivity contribution in [3.05, 3.63) is 24.3 Å². The van der Waals surface area contributed by atoms with Crippen LogP contribution in [0.2, 0.25) is 0 Å². The first-order valence-electron chi connectivity index (χ1n) is 8.80. The standard InChI is InChI=1S/C20H34O2/c1-7-18(4,21)13-10-16-19(5,12-8-9-15(2)3)17-11-14-20(16,6)22-17/h7,9,16-17,21H,1,8,10-14H2,2-6H3/t16-,17?,18+,19-,20?/m0/s1. The van der Waals surface area contributed by atoms with Gasteiger partial charge in [0.25, 0.3) is 0 Å². The lowest BCUT2D eigenvalue weighted by atomic mass is 9.59. The van der Waals surface area contributed by atoms with Gasteiger partial charge in [-0.1, -0.05) is 24.6 Å². The minimum absolute atomic E-state index is 0.00163. The second-order valence-electron chi connectivity index (χ2n) is 8.44. The maximum atomic E-state index is 10.3. The summed E-state index contributed by atoms with van der Waals surface area (Å²) in [4.78, 5) is 0. The predicted molar refractivity (Wildman–Crippen MR) is 92.8 cm³/mol. The first kappa shape index (κ1) is 17.7. The molecule has 2 unspecified atom stereocenters. The summed E-state index contributed by atoms with van der Waals surface area (Å²) in [6.07, 6.45) is 10.8. The van der Waals surface area contributed by atoms with Gasteiger partial charge in [0.1, 0.15) is 0 Å². The maximum Gasteiger partial charge on any atom is 0.0797 e. The van der Waals surface area contributed by atoms with Gasteiger partial charge in [-0.2, -0.15) is 0 Å². The molecule has 1 N–H and O–H groups in total. The summed E-state index contributed by atoms with van der Waals surface area (Å²) in [6.45, 7) is 14.6. The van der Waals surface area contributed by atoms with Gasteiger partial charge in [-0.25, -0.2) is 0 Å². The SMILES string of the molecule is C=C[C@@](C)(O)CC[C@@H]1C2(C)CCC(O2)[C@@]1(C)CCC=C(C)C. The van der Waals surface area contributed by atoms with Crippen LogP contribution in [0.4, 0.5) is 0 Å². The van der Waals surface area contributed by atoms with Crippen LogP contribution in [0.25, 0.3) is 0 Å².